The van der Waals surface area contributed by atoms with Crippen molar-refractivity contribution in [1.29, 1.82) is 0 Å². The minimum absolute atomic E-state index is 0.311. The molecule has 4 nitrogen and oxygen atoms in total. The van der Waals surface area contributed by atoms with E-state index in [1.165, 1.54) is 5.56 Å². The second-order valence-electron chi connectivity index (χ2n) is 4.69. The molecule has 2 fully saturated rings. The second kappa shape index (κ2) is 3.54. The topological polar surface area (TPSA) is 46.1 Å². The number of carbonyl (C=O) groups is 1. The molecule has 2 atom stereocenters. The minimum atomic E-state index is 0.311. The van der Waals surface area contributed by atoms with Crippen LogP contribution in [0.25, 0.3) is 0 Å². The van der Waals surface area contributed by atoms with Gasteiger partial charge in [-0.15, -0.1) is 0 Å². The molecule has 0 aromatic carbocycles. The maximum absolute atomic E-state index is 10.7. The van der Waals surface area contributed by atoms with Crippen molar-refractivity contribution in [3.05, 3.63) is 18.0 Å². The number of aryl methyl sites for hydroxylation is 1. The van der Waals surface area contributed by atoms with Crippen LogP contribution >= 0.6 is 0 Å². The average molecular weight is 217 g/mol. The Morgan fingerprint density at radius 1 is 1.38 bits per heavy atom. The van der Waals surface area contributed by atoms with Crippen LogP contribution < -0.4 is 4.90 Å². The van der Waals surface area contributed by atoms with Gasteiger partial charge in [-0.25, -0.2) is 9.97 Å². The molecule has 2 aliphatic rings. The molecule has 0 spiro atoms. The van der Waals surface area contributed by atoms with E-state index in [1.54, 1.807) is 0 Å². The maximum Gasteiger partial charge on any atom is 0.225 e. The van der Waals surface area contributed by atoms with Crippen LogP contribution in [-0.4, -0.2) is 29.3 Å². The highest BCUT2D eigenvalue weighted by molar-refractivity contribution is 5.61. The van der Waals surface area contributed by atoms with Crippen molar-refractivity contribution < 1.29 is 4.79 Å². The van der Waals surface area contributed by atoms with Crippen LogP contribution in [0.2, 0.25) is 0 Å². The first-order valence-corrected chi connectivity index (χ1v) is 5.84. The van der Waals surface area contributed by atoms with Gasteiger partial charge in [0.2, 0.25) is 5.95 Å². The monoisotopic (exact) mass is 217 g/mol. The number of nitrogens with zero attached hydrogens (tertiary/aromatic N) is 3. The smallest absolute Gasteiger partial charge is 0.225 e. The largest absolute Gasteiger partial charge is 0.340 e. The van der Waals surface area contributed by atoms with Crippen LogP contribution in [0.4, 0.5) is 5.95 Å². The van der Waals surface area contributed by atoms with E-state index in [0.717, 1.165) is 31.7 Å². The first-order valence-electron chi connectivity index (χ1n) is 5.84. The third kappa shape index (κ3) is 1.40. The van der Waals surface area contributed by atoms with E-state index in [2.05, 4.69) is 21.8 Å². The molecule has 84 valence electrons. The van der Waals surface area contributed by atoms with Gasteiger partial charge >= 0.3 is 0 Å². The highest BCUT2D eigenvalue weighted by Gasteiger charge is 2.56. The first-order chi connectivity index (χ1) is 7.83. The highest BCUT2D eigenvalue weighted by atomic mass is 16.1. The van der Waals surface area contributed by atoms with Crippen LogP contribution in [0.1, 0.15) is 12.5 Å². The Bertz CT molecular complexity index is 391. The molecule has 1 aromatic heterocycles. The molecule has 0 bridgehead atoms. The van der Waals surface area contributed by atoms with Crippen LogP contribution in [0.15, 0.2) is 12.4 Å². The Kier molecular flexibility index (Phi) is 2.16. The van der Waals surface area contributed by atoms with Crippen LogP contribution in [0.5, 0.6) is 0 Å². The predicted molar refractivity (Wildman–Crippen MR) is 60.2 cm³/mol. The van der Waals surface area contributed by atoms with Crippen molar-refractivity contribution in [2.45, 2.75) is 13.3 Å². The van der Waals surface area contributed by atoms with Crippen molar-refractivity contribution in [3.63, 3.8) is 0 Å². The lowest BCUT2D eigenvalue weighted by atomic mass is 10.3. The van der Waals surface area contributed by atoms with Crippen LogP contribution in [0.3, 0.4) is 0 Å². The van der Waals surface area contributed by atoms with Gasteiger partial charge in [0.05, 0.1) is 0 Å². The molecule has 1 saturated heterocycles. The summed E-state index contributed by atoms with van der Waals surface area (Å²) in [5.41, 5.74) is 1.17. The number of aldehydes is 1. The average Bonchev–Trinajstić information content (AvgIpc) is 2.81. The summed E-state index contributed by atoms with van der Waals surface area (Å²) < 4.78 is 0. The fourth-order valence-electron chi connectivity index (χ4n) is 2.63. The molecule has 16 heavy (non-hydrogen) atoms. The summed E-state index contributed by atoms with van der Waals surface area (Å²) >= 11 is 0. The van der Waals surface area contributed by atoms with Crippen LogP contribution in [-0.2, 0) is 11.2 Å². The molecular formula is C12H15N3O. The molecule has 0 radical (unpaired) electrons. The molecule has 1 aromatic rings. The minimum Gasteiger partial charge on any atom is -0.340 e. The number of anilines is 1. The van der Waals surface area contributed by atoms with Gasteiger partial charge in [0.15, 0.2) is 0 Å². The number of carbonyl (C=O) groups excluding carboxylic acids is 1. The van der Waals surface area contributed by atoms with Crippen molar-refractivity contribution in [3.8, 4) is 0 Å². The van der Waals surface area contributed by atoms with Crippen molar-refractivity contribution in [1.82, 2.24) is 9.97 Å². The molecule has 3 rings (SSSR count). The Balaban J connectivity index is 1.69. The lowest BCUT2D eigenvalue weighted by Crippen LogP contribution is -2.26. The summed E-state index contributed by atoms with van der Waals surface area (Å²) in [5.74, 6) is 2.25. The van der Waals surface area contributed by atoms with Gasteiger partial charge in [0, 0.05) is 31.4 Å². The lowest BCUT2D eigenvalue weighted by Gasteiger charge is -2.18. The van der Waals surface area contributed by atoms with Gasteiger partial charge in [0.1, 0.15) is 6.29 Å². The van der Waals surface area contributed by atoms with E-state index >= 15 is 0 Å². The van der Waals surface area contributed by atoms with Gasteiger partial charge < -0.3 is 9.69 Å². The van der Waals surface area contributed by atoms with Gasteiger partial charge in [0.25, 0.3) is 0 Å². The Hall–Kier alpha value is -1.45. The standard InChI is InChI=1S/C12H15N3O/c1-2-8-3-13-12(14-4-8)15-5-9-10(6-15)11(9)7-16/h3-4,7,9-11H,2,5-6H2,1H3. The zero-order valence-electron chi connectivity index (χ0n) is 9.34. The summed E-state index contributed by atoms with van der Waals surface area (Å²) in [6, 6.07) is 0. The fourth-order valence-corrected chi connectivity index (χ4v) is 2.63. The quantitative estimate of drug-likeness (QED) is 0.706. The number of hydrogen-bond acceptors (Lipinski definition) is 4. The Morgan fingerprint density at radius 2 is 2.00 bits per heavy atom. The molecule has 4 heteroatoms. The van der Waals surface area contributed by atoms with Crippen molar-refractivity contribution in [2.24, 2.45) is 17.8 Å². The predicted octanol–water partition coefficient (Wildman–Crippen LogP) is 0.920. The number of hydrogen-bond donors (Lipinski definition) is 0. The third-order valence-corrected chi connectivity index (χ3v) is 3.80. The van der Waals surface area contributed by atoms with Crippen molar-refractivity contribution >= 4 is 12.2 Å². The van der Waals surface area contributed by atoms with Gasteiger partial charge in [-0.2, -0.15) is 0 Å². The van der Waals surface area contributed by atoms with E-state index in [0.29, 0.717) is 17.8 Å². The molecule has 2 unspecified atom stereocenters. The van der Waals surface area contributed by atoms with E-state index in [-0.39, 0.29) is 0 Å². The fraction of sp³-hybridized carbons (Fsp3) is 0.583. The number of fused-ring (bicyclic) bond motifs is 1. The SMILES string of the molecule is CCc1cnc(N2CC3C(C=O)C3C2)nc1. The van der Waals surface area contributed by atoms with E-state index < -0.39 is 0 Å². The highest BCUT2D eigenvalue weighted by Crippen LogP contribution is 2.50. The van der Waals surface area contributed by atoms with Crippen LogP contribution in [0, 0.1) is 17.8 Å². The first kappa shape index (κ1) is 9.75. The maximum atomic E-state index is 10.7. The molecule has 0 amide bonds. The lowest BCUT2D eigenvalue weighted by molar-refractivity contribution is -0.109. The molecule has 2 heterocycles. The normalized spacial score (nSPS) is 31.3. The summed E-state index contributed by atoms with van der Waals surface area (Å²) in [6.07, 6.45) is 5.86. The van der Waals surface area contributed by atoms with E-state index in [4.69, 9.17) is 0 Å². The number of rotatable bonds is 3. The van der Waals surface area contributed by atoms with E-state index in [9.17, 15) is 4.79 Å². The summed E-state index contributed by atoms with van der Waals surface area (Å²) in [5, 5.41) is 0. The Morgan fingerprint density at radius 3 is 2.50 bits per heavy atom. The molecule has 1 saturated carbocycles. The number of piperidine rings is 1. The van der Waals surface area contributed by atoms with Gasteiger partial charge in [-0.1, -0.05) is 6.92 Å². The summed E-state index contributed by atoms with van der Waals surface area (Å²) in [7, 11) is 0. The zero-order chi connectivity index (χ0) is 11.1. The summed E-state index contributed by atoms with van der Waals surface area (Å²) in [4.78, 5) is 21.6. The van der Waals surface area contributed by atoms with Gasteiger partial charge in [-0.05, 0) is 23.8 Å². The third-order valence-electron chi connectivity index (χ3n) is 3.80. The zero-order valence-corrected chi connectivity index (χ0v) is 9.34. The van der Waals surface area contributed by atoms with E-state index in [1.807, 2.05) is 12.4 Å². The van der Waals surface area contributed by atoms with Gasteiger partial charge in [-0.3, -0.25) is 0 Å². The second-order valence-corrected chi connectivity index (χ2v) is 4.69. The molecule has 1 aliphatic carbocycles. The van der Waals surface area contributed by atoms with Crippen molar-refractivity contribution in [2.75, 3.05) is 18.0 Å². The molecule has 1 aliphatic heterocycles. The summed E-state index contributed by atoms with van der Waals surface area (Å²) in [6.45, 7) is 3.98. The molecular weight excluding hydrogens is 202 g/mol. The molecule has 0 N–H and O–H groups in total. The Labute approximate surface area is 94.7 Å². The number of aromatic nitrogens is 2.